The van der Waals surface area contributed by atoms with Crippen LogP contribution in [0.1, 0.15) is 18.3 Å². The van der Waals surface area contributed by atoms with Gasteiger partial charge in [0.2, 0.25) is 5.91 Å². The van der Waals surface area contributed by atoms with Gasteiger partial charge in [-0.05, 0) is 31.2 Å². The van der Waals surface area contributed by atoms with Crippen LogP contribution in [-0.2, 0) is 17.8 Å². The van der Waals surface area contributed by atoms with Crippen LogP contribution in [0.3, 0.4) is 0 Å². The lowest BCUT2D eigenvalue weighted by molar-refractivity contribution is -0.135. The summed E-state index contributed by atoms with van der Waals surface area (Å²) in [6.45, 7) is 2.50. The van der Waals surface area contributed by atoms with E-state index in [2.05, 4.69) is 9.97 Å². The minimum atomic E-state index is -0.893. The van der Waals surface area contributed by atoms with E-state index in [0.717, 1.165) is 22.8 Å². The molecule has 4 N–H and O–H groups in total. The number of nitrogens with one attached hydrogen (secondary N) is 1. The summed E-state index contributed by atoms with van der Waals surface area (Å²) in [5, 5.41) is 10.2. The Kier molecular flexibility index (Phi) is 7.71. The van der Waals surface area contributed by atoms with Crippen LogP contribution < -0.4 is 5.73 Å². The molecular formula is C16H21Cl3N4O2. The smallest absolute Gasteiger partial charge is 0.242 e. The Hall–Kier alpha value is -1.31. The average Bonchev–Trinajstić information content (AvgIpc) is 2.97. The molecule has 6 nitrogen and oxygen atoms in total. The molecule has 0 fully saturated rings. The van der Waals surface area contributed by atoms with Gasteiger partial charge in [0.15, 0.2) is 0 Å². The first-order valence-corrected chi connectivity index (χ1v) is 7.89. The lowest BCUT2D eigenvalue weighted by atomic mass is 10.1. The highest BCUT2D eigenvalue weighted by molar-refractivity contribution is 6.30. The van der Waals surface area contributed by atoms with Gasteiger partial charge in [0.25, 0.3) is 0 Å². The second-order valence-electron chi connectivity index (χ2n) is 5.79. The number of amides is 1. The number of rotatable bonds is 3. The number of imidazole rings is 1. The number of aliphatic hydroxyl groups excluding tert-OH is 1. The number of benzene rings is 1. The van der Waals surface area contributed by atoms with Gasteiger partial charge >= 0.3 is 0 Å². The molecule has 9 heteroatoms. The van der Waals surface area contributed by atoms with Crippen molar-refractivity contribution in [3.63, 3.8) is 0 Å². The molecule has 0 saturated heterocycles. The van der Waals surface area contributed by atoms with E-state index >= 15 is 0 Å². The van der Waals surface area contributed by atoms with Gasteiger partial charge < -0.3 is 20.7 Å². The quantitative estimate of drug-likeness (QED) is 0.726. The fourth-order valence-electron chi connectivity index (χ4n) is 2.64. The summed E-state index contributed by atoms with van der Waals surface area (Å²) in [6, 6.07) is 6.54. The Morgan fingerprint density at radius 2 is 2.00 bits per heavy atom. The van der Waals surface area contributed by atoms with Crippen LogP contribution in [0.4, 0.5) is 0 Å². The summed E-state index contributed by atoms with van der Waals surface area (Å²) in [4.78, 5) is 21.8. The Balaban J connectivity index is 0.00000156. The van der Waals surface area contributed by atoms with E-state index in [0.29, 0.717) is 24.5 Å². The van der Waals surface area contributed by atoms with Gasteiger partial charge in [-0.3, -0.25) is 4.79 Å². The van der Waals surface area contributed by atoms with Gasteiger partial charge in [-0.15, -0.1) is 24.8 Å². The normalized spacial score (nSPS) is 15.4. The first-order chi connectivity index (χ1) is 11.0. The number of aromatic nitrogens is 2. The fourth-order valence-corrected chi connectivity index (χ4v) is 2.77. The van der Waals surface area contributed by atoms with Crippen molar-refractivity contribution in [2.75, 3.05) is 6.54 Å². The van der Waals surface area contributed by atoms with Crippen LogP contribution >= 0.6 is 36.4 Å². The number of aromatic amines is 1. The van der Waals surface area contributed by atoms with Gasteiger partial charge in [-0.25, -0.2) is 4.98 Å². The zero-order chi connectivity index (χ0) is 16.6. The molecule has 1 amide bonds. The number of carbonyl (C=O) groups excluding carboxylic acids is 1. The topological polar surface area (TPSA) is 95.2 Å². The maximum absolute atomic E-state index is 12.3. The van der Waals surface area contributed by atoms with Gasteiger partial charge in [0.1, 0.15) is 11.9 Å². The van der Waals surface area contributed by atoms with Crippen LogP contribution in [0.15, 0.2) is 24.3 Å². The second-order valence-corrected chi connectivity index (χ2v) is 6.23. The van der Waals surface area contributed by atoms with Crippen LogP contribution in [-0.4, -0.2) is 44.6 Å². The molecule has 0 unspecified atom stereocenters. The largest absolute Gasteiger partial charge is 0.391 e. The zero-order valence-corrected chi connectivity index (χ0v) is 16.0. The molecule has 0 spiro atoms. The lowest BCUT2D eigenvalue weighted by Gasteiger charge is -2.29. The number of aliphatic hydroxyl groups is 1. The monoisotopic (exact) mass is 406 g/mol. The predicted molar refractivity (Wildman–Crippen MR) is 102 cm³/mol. The third-order valence-electron chi connectivity index (χ3n) is 4.07. The van der Waals surface area contributed by atoms with E-state index in [1.807, 2.05) is 24.3 Å². The fraction of sp³-hybridized carbons (Fsp3) is 0.375. The average molecular weight is 408 g/mol. The molecule has 0 radical (unpaired) electrons. The summed E-state index contributed by atoms with van der Waals surface area (Å²) < 4.78 is 0. The summed E-state index contributed by atoms with van der Waals surface area (Å²) in [5.41, 5.74) is 8.56. The molecule has 1 aliphatic heterocycles. The van der Waals surface area contributed by atoms with Gasteiger partial charge in [-0.2, -0.15) is 0 Å². The molecule has 1 aromatic heterocycles. The third kappa shape index (κ3) is 4.65. The molecular weight excluding hydrogens is 387 g/mol. The van der Waals surface area contributed by atoms with Crippen LogP contribution in [0.2, 0.25) is 5.02 Å². The molecule has 0 aliphatic carbocycles. The molecule has 0 bridgehead atoms. The summed E-state index contributed by atoms with van der Waals surface area (Å²) in [7, 11) is 0. The Bertz CT molecular complexity index is 719. The van der Waals surface area contributed by atoms with Crippen LogP contribution in [0.5, 0.6) is 0 Å². The minimum absolute atomic E-state index is 0. The Labute approximate surface area is 163 Å². The highest BCUT2D eigenvalue weighted by Crippen LogP contribution is 2.24. The zero-order valence-electron chi connectivity index (χ0n) is 13.6. The number of nitrogens with zero attached hydrogens (tertiary/aromatic N) is 2. The molecule has 1 aliphatic rings. The molecule has 3 rings (SSSR count). The van der Waals surface area contributed by atoms with E-state index in [-0.39, 0.29) is 30.7 Å². The molecule has 138 valence electrons. The standard InChI is InChI=1S/C16H19ClN4O2.2ClH/c1-9(22)14(18)16(23)21-7-6-12-13(8-21)20-15(19-12)10-2-4-11(17)5-3-10;;/h2-5,9,14,22H,6-8,18H2,1H3,(H,19,20);2*1H/t9-,14+;;/m1../s1. The van der Waals surface area contributed by atoms with Gasteiger partial charge in [0.05, 0.1) is 24.0 Å². The number of hydrogen-bond acceptors (Lipinski definition) is 4. The van der Waals surface area contributed by atoms with E-state index in [1.54, 1.807) is 4.90 Å². The Morgan fingerprint density at radius 1 is 1.36 bits per heavy atom. The maximum atomic E-state index is 12.3. The number of nitrogens with two attached hydrogens (primary N) is 1. The highest BCUT2D eigenvalue weighted by atomic mass is 35.5. The van der Waals surface area contributed by atoms with Crippen molar-refractivity contribution >= 4 is 42.3 Å². The predicted octanol–water partition coefficient (Wildman–Crippen LogP) is 2.17. The van der Waals surface area contributed by atoms with Crippen LogP contribution in [0.25, 0.3) is 11.4 Å². The van der Waals surface area contributed by atoms with Crippen molar-refractivity contribution in [1.29, 1.82) is 0 Å². The van der Waals surface area contributed by atoms with Crippen LogP contribution in [0, 0.1) is 0 Å². The molecule has 2 heterocycles. The molecule has 2 aromatic rings. The maximum Gasteiger partial charge on any atom is 0.242 e. The number of hydrogen-bond donors (Lipinski definition) is 3. The number of carbonyl (C=O) groups is 1. The number of halogens is 3. The minimum Gasteiger partial charge on any atom is -0.391 e. The van der Waals surface area contributed by atoms with Crippen molar-refractivity contribution in [2.45, 2.75) is 32.0 Å². The summed E-state index contributed by atoms with van der Waals surface area (Å²) >= 11 is 5.90. The van der Waals surface area contributed by atoms with Crippen molar-refractivity contribution in [2.24, 2.45) is 5.73 Å². The van der Waals surface area contributed by atoms with E-state index in [9.17, 15) is 9.90 Å². The van der Waals surface area contributed by atoms with Crippen molar-refractivity contribution in [3.8, 4) is 11.4 Å². The van der Waals surface area contributed by atoms with Crippen molar-refractivity contribution < 1.29 is 9.90 Å². The van der Waals surface area contributed by atoms with Crippen molar-refractivity contribution in [1.82, 2.24) is 14.9 Å². The highest BCUT2D eigenvalue weighted by Gasteiger charge is 2.29. The molecule has 1 aromatic carbocycles. The first kappa shape index (κ1) is 21.7. The Morgan fingerprint density at radius 3 is 2.60 bits per heavy atom. The van der Waals surface area contributed by atoms with Gasteiger partial charge in [-0.1, -0.05) is 11.6 Å². The van der Waals surface area contributed by atoms with E-state index in [1.165, 1.54) is 6.92 Å². The van der Waals surface area contributed by atoms with Gasteiger partial charge in [0, 0.05) is 23.6 Å². The summed E-state index contributed by atoms with van der Waals surface area (Å²) in [5.74, 6) is 0.522. The number of fused-ring (bicyclic) bond motifs is 1. The molecule has 2 atom stereocenters. The SMILES string of the molecule is C[C@@H](O)[C@H](N)C(=O)N1CCc2nc(-c3ccc(Cl)cc3)[nH]c2C1.Cl.Cl. The first-order valence-electron chi connectivity index (χ1n) is 7.52. The number of H-pyrrole nitrogens is 1. The van der Waals surface area contributed by atoms with Crippen molar-refractivity contribution in [3.05, 3.63) is 40.7 Å². The second kappa shape index (κ2) is 8.87. The van der Waals surface area contributed by atoms with E-state index in [4.69, 9.17) is 17.3 Å². The molecule has 25 heavy (non-hydrogen) atoms. The summed E-state index contributed by atoms with van der Waals surface area (Å²) in [6.07, 6.45) is -0.201. The third-order valence-corrected chi connectivity index (χ3v) is 4.32. The lowest BCUT2D eigenvalue weighted by Crippen LogP contribution is -2.50. The molecule has 0 saturated carbocycles. The van der Waals surface area contributed by atoms with E-state index < -0.39 is 12.1 Å².